The Kier molecular flexibility index (Phi) is 1.91. The van der Waals surface area contributed by atoms with Crippen molar-refractivity contribution < 1.29 is 4.42 Å². The van der Waals surface area contributed by atoms with Crippen molar-refractivity contribution in [2.24, 2.45) is 0 Å². The molecule has 2 aromatic heterocycles. The van der Waals surface area contributed by atoms with Crippen molar-refractivity contribution in [2.75, 3.05) is 0 Å². The molecule has 0 radical (unpaired) electrons. The van der Waals surface area contributed by atoms with E-state index in [1.165, 1.54) is 0 Å². The summed E-state index contributed by atoms with van der Waals surface area (Å²) in [6, 6.07) is 11.9. The molecule has 2 nitrogen and oxygen atoms in total. The van der Waals surface area contributed by atoms with Crippen LogP contribution in [0.15, 0.2) is 53.2 Å². The molecule has 2 aromatic carbocycles. The quantitative estimate of drug-likeness (QED) is 0.450. The van der Waals surface area contributed by atoms with E-state index in [0.717, 1.165) is 32.7 Å². The Labute approximate surface area is 108 Å². The third-order valence-corrected chi connectivity index (χ3v) is 3.60. The molecule has 0 aliphatic heterocycles. The first-order valence-corrected chi connectivity index (χ1v) is 6.06. The van der Waals surface area contributed by atoms with Crippen LogP contribution in [0, 0.1) is 0 Å². The number of furan rings is 1. The highest BCUT2D eigenvalue weighted by molar-refractivity contribution is 6.41. The summed E-state index contributed by atoms with van der Waals surface area (Å²) in [5, 5.41) is 4.78. The Bertz CT molecular complexity index is 895. The molecule has 86 valence electrons. The highest BCUT2D eigenvalue weighted by Crippen LogP contribution is 2.37. The molecule has 0 atom stereocenters. The summed E-state index contributed by atoms with van der Waals surface area (Å²) in [6.07, 6.45) is 3.56. The minimum atomic E-state index is 0.654. The third-order valence-electron chi connectivity index (χ3n) is 3.22. The first-order valence-electron chi connectivity index (χ1n) is 5.68. The second-order valence-corrected chi connectivity index (χ2v) is 4.64. The summed E-state index contributed by atoms with van der Waals surface area (Å²) in [4.78, 5) is 4.14. The van der Waals surface area contributed by atoms with Crippen LogP contribution >= 0.6 is 11.6 Å². The lowest BCUT2D eigenvalue weighted by Gasteiger charge is -2.00. The van der Waals surface area contributed by atoms with Gasteiger partial charge >= 0.3 is 0 Å². The van der Waals surface area contributed by atoms with Gasteiger partial charge in [0.25, 0.3) is 0 Å². The van der Waals surface area contributed by atoms with Crippen molar-refractivity contribution in [1.29, 1.82) is 0 Å². The lowest BCUT2D eigenvalue weighted by atomic mass is 10.1. The predicted molar refractivity (Wildman–Crippen MR) is 74.0 cm³/mol. The second kappa shape index (κ2) is 3.47. The molecule has 0 amide bonds. The average Bonchev–Trinajstić information content (AvgIpc) is 2.79. The van der Waals surface area contributed by atoms with Crippen LogP contribution in [0.3, 0.4) is 0 Å². The van der Waals surface area contributed by atoms with E-state index in [1.54, 1.807) is 6.20 Å². The topological polar surface area (TPSA) is 26.0 Å². The summed E-state index contributed by atoms with van der Waals surface area (Å²) >= 11 is 6.42. The fraction of sp³-hybridized carbons (Fsp3) is 0. The van der Waals surface area contributed by atoms with Crippen LogP contribution in [0.2, 0.25) is 5.02 Å². The summed E-state index contributed by atoms with van der Waals surface area (Å²) < 4.78 is 5.84. The van der Waals surface area contributed by atoms with Crippen molar-refractivity contribution in [2.45, 2.75) is 0 Å². The standard InChI is InChI=1S/C15H8ClNO/c16-14-10-5-6-17-8-9(10)7-12-11-3-1-2-4-13(11)18-15(12)14/h1-8H. The van der Waals surface area contributed by atoms with Crippen LogP contribution in [-0.4, -0.2) is 4.98 Å². The molecule has 0 saturated carbocycles. The molecule has 4 aromatic rings. The number of pyridine rings is 1. The molecule has 18 heavy (non-hydrogen) atoms. The maximum absolute atomic E-state index is 6.42. The first-order chi connectivity index (χ1) is 8.84. The van der Waals surface area contributed by atoms with E-state index in [9.17, 15) is 0 Å². The first kappa shape index (κ1) is 9.92. The van der Waals surface area contributed by atoms with Crippen LogP contribution < -0.4 is 0 Å². The molecule has 3 heteroatoms. The Morgan fingerprint density at radius 3 is 2.83 bits per heavy atom. The summed E-state index contributed by atoms with van der Waals surface area (Å²) in [5.74, 6) is 0. The Morgan fingerprint density at radius 2 is 1.89 bits per heavy atom. The number of fused-ring (bicyclic) bond motifs is 4. The van der Waals surface area contributed by atoms with Gasteiger partial charge in [-0.15, -0.1) is 0 Å². The van der Waals surface area contributed by atoms with E-state index in [4.69, 9.17) is 16.0 Å². The number of hydrogen-bond acceptors (Lipinski definition) is 2. The number of rotatable bonds is 0. The Morgan fingerprint density at radius 1 is 1.00 bits per heavy atom. The highest BCUT2D eigenvalue weighted by Gasteiger charge is 2.12. The molecule has 0 saturated heterocycles. The van der Waals surface area contributed by atoms with Gasteiger partial charge in [-0.2, -0.15) is 0 Å². The summed E-state index contributed by atoms with van der Waals surface area (Å²) in [5.41, 5.74) is 1.61. The number of halogens is 1. The fourth-order valence-corrected chi connectivity index (χ4v) is 2.68. The zero-order valence-corrected chi connectivity index (χ0v) is 10.1. The molecule has 0 N–H and O–H groups in total. The molecule has 0 spiro atoms. The van der Waals surface area contributed by atoms with E-state index < -0.39 is 0 Å². The Balaban J connectivity index is 2.33. The normalized spacial score (nSPS) is 11.6. The molecule has 4 rings (SSSR count). The SMILES string of the molecule is Clc1c2ccncc2cc2c1oc1ccccc12. The number of nitrogens with zero attached hydrogens (tertiary/aromatic N) is 1. The number of para-hydroxylation sites is 1. The van der Waals surface area contributed by atoms with Crippen molar-refractivity contribution in [3.8, 4) is 0 Å². The van der Waals surface area contributed by atoms with Gasteiger partial charge in [0.05, 0.1) is 5.02 Å². The van der Waals surface area contributed by atoms with E-state index >= 15 is 0 Å². The molecule has 2 heterocycles. The predicted octanol–water partition coefficient (Wildman–Crippen LogP) is 4.79. The van der Waals surface area contributed by atoms with Crippen molar-refractivity contribution in [3.63, 3.8) is 0 Å². The zero-order valence-electron chi connectivity index (χ0n) is 9.35. The maximum Gasteiger partial charge on any atom is 0.154 e. The number of aromatic nitrogens is 1. The van der Waals surface area contributed by atoms with Gasteiger partial charge < -0.3 is 4.42 Å². The van der Waals surface area contributed by atoms with Gasteiger partial charge in [0.15, 0.2) is 5.58 Å². The smallest absolute Gasteiger partial charge is 0.154 e. The largest absolute Gasteiger partial charge is 0.454 e. The molecule has 0 fully saturated rings. The molecule has 0 bridgehead atoms. The van der Waals surface area contributed by atoms with Gasteiger partial charge in [0.2, 0.25) is 0 Å². The molecule has 0 aliphatic carbocycles. The molecule has 0 unspecified atom stereocenters. The van der Waals surface area contributed by atoms with Crippen LogP contribution in [0.4, 0.5) is 0 Å². The van der Waals surface area contributed by atoms with Gasteiger partial charge in [0.1, 0.15) is 5.58 Å². The van der Waals surface area contributed by atoms with Crippen molar-refractivity contribution in [1.82, 2.24) is 4.98 Å². The van der Waals surface area contributed by atoms with Crippen molar-refractivity contribution in [3.05, 3.63) is 53.8 Å². The Hall–Kier alpha value is -2.06. The maximum atomic E-state index is 6.42. The zero-order chi connectivity index (χ0) is 12.1. The van der Waals surface area contributed by atoms with Crippen LogP contribution in [0.5, 0.6) is 0 Å². The second-order valence-electron chi connectivity index (χ2n) is 4.26. The highest BCUT2D eigenvalue weighted by atomic mass is 35.5. The van der Waals surface area contributed by atoms with Gasteiger partial charge in [-0.25, -0.2) is 0 Å². The lowest BCUT2D eigenvalue weighted by molar-refractivity contribution is 0.669. The summed E-state index contributed by atoms with van der Waals surface area (Å²) in [7, 11) is 0. The van der Waals surface area contributed by atoms with E-state index in [1.807, 2.05) is 36.5 Å². The van der Waals surface area contributed by atoms with Crippen molar-refractivity contribution >= 4 is 44.3 Å². The monoisotopic (exact) mass is 253 g/mol. The fourth-order valence-electron chi connectivity index (χ4n) is 2.37. The van der Waals surface area contributed by atoms with Crippen LogP contribution in [0.25, 0.3) is 32.7 Å². The molecular weight excluding hydrogens is 246 g/mol. The van der Waals surface area contributed by atoms with Gasteiger partial charge in [-0.1, -0.05) is 29.8 Å². The number of hydrogen-bond donors (Lipinski definition) is 0. The minimum Gasteiger partial charge on any atom is -0.454 e. The third kappa shape index (κ3) is 1.21. The number of benzene rings is 2. The summed E-state index contributed by atoms with van der Waals surface area (Å²) in [6.45, 7) is 0. The van der Waals surface area contributed by atoms with Gasteiger partial charge in [-0.05, 0) is 18.2 Å². The van der Waals surface area contributed by atoms with Gasteiger partial charge in [0, 0.05) is 33.9 Å². The van der Waals surface area contributed by atoms with E-state index in [0.29, 0.717) is 5.02 Å². The molecule has 0 aliphatic rings. The average molecular weight is 254 g/mol. The van der Waals surface area contributed by atoms with Crippen LogP contribution in [-0.2, 0) is 0 Å². The lowest BCUT2D eigenvalue weighted by Crippen LogP contribution is -1.77. The van der Waals surface area contributed by atoms with E-state index in [-0.39, 0.29) is 0 Å². The van der Waals surface area contributed by atoms with Gasteiger partial charge in [-0.3, -0.25) is 4.98 Å². The van der Waals surface area contributed by atoms with E-state index in [2.05, 4.69) is 11.1 Å². The molecular formula is C15H8ClNO. The minimum absolute atomic E-state index is 0.654. The van der Waals surface area contributed by atoms with Crippen LogP contribution in [0.1, 0.15) is 0 Å².